The van der Waals surface area contributed by atoms with Gasteiger partial charge in [0.2, 0.25) is 5.88 Å². The van der Waals surface area contributed by atoms with Crippen LogP contribution in [-0.2, 0) is 16.0 Å². The first-order valence-corrected chi connectivity index (χ1v) is 7.58. The van der Waals surface area contributed by atoms with Gasteiger partial charge in [-0.1, -0.05) is 31.2 Å². The van der Waals surface area contributed by atoms with Gasteiger partial charge in [-0.05, 0) is 24.0 Å². The zero-order valence-electron chi connectivity index (χ0n) is 12.6. The summed E-state index contributed by atoms with van der Waals surface area (Å²) in [6.45, 7) is 2.09. The van der Waals surface area contributed by atoms with Gasteiger partial charge in [0.1, 0.15) is 17.4 Å². The maximum absolute atomic E-state index is 12.4. The zero-order valence-corrected chi connectivity index (χ0v) is 12.6. The van der Waals surface area contributed by atoms with Crippen molar-refractivity contribution in [1.82, 2.24) is 0 Å². The Morgan fingerprint density at radius 2 is 2.05 bits per heavy atom. The van der Waals surface area contributed by atoms with E-state index >= 15 is 0 Å². The summed E-state index contributed by atoms with van der Waals surface area (Å²) in [5.41, 5.74) is 9.00. The molecule has 0 unspecified atom stereocenters. The van der Waals surface area contributed by atoms with Crippen molar-refractivity contribution >= 4 is 5.78 Å². The van der Waals surface area contributed by atoms with Crippen LogP contribution >= 0.6 is 0 Å². The molecule has 0 saturated heterocycles. The van der Waals surface area contributed by atoms with E-state index in [9.17, 15) is 10.1 Å². The van der Waals surface area contributed by atoms with Gasteiger partial charge in [-0.15, -0.1) is 0 Å². The largest absolute Gasteiger partial charge is 0.444 e. The number of hydrogen-bond acceptors (Lipinski definition) is 4. The Labute approximate surface area is 129 Å². The predicted molar refractivity (Wildman–Crippen MR) is 82.4 cm³/mol. The number of carbonyl (C=O) groups is 1. The molecule has 4 heteroatoms. The van der Waals surface area contributed by atoms with Gasteiger partial charge < -0.3 is 10.5 Å². The smallest absolute Gasteiger partial charge is 0.205 e. The number of ketones is 1. The van der Waals surface area contributed by atoms with Gasteiger partial charge in [0.25, 0.3) is 0 Å². The first kappa shape index (κ1) is 14.4. The van der Waals surface area contributed by atoms with Crippen molar-refractivity contribution in [3.05, 3.63) is 58.2 Å². The third-order valence-electron chi connectivity index (χ3n) is 4.33. The third kappa shape index (κ3) is 2.29. The van der Waals surface area contributed by atoms with E-state index in [0.29, 0.717) is 29.7 Å². The van der Waals surface area contributed by atoms with Gasteiger partial charge in [0.05, 0.1) is 5.92 Å². The van der Waals surface area contributed by atoms with Gasteiger partial charge in [-0.3, -0.25) is 4.79 Å². The average Bonchev–Trinajstić information content (AvgIpc) is 2.54. The minimum absolute atomic E-state index is 0.0612. The number of nitrogens with zero attached hydrogens (tertiary/aromatic N) is 1. The first-order valence-electron chi connectivity index (χ1n) is 7.58. The Morgan fingerprint density at radius 3 is 2.68 bits per heavy atom. The summed E-state index contributed by atoms with van der Waals surface area (Å²) in [5, 5.41) is 9.47. The van der Waals surface area contributed by atoms with E-state index in [1.54, 1.807) is 0 Å². The van der Waals surface area contributed by atoms with Crippen molar-refractivity contribution in [3.8, 4) is 6.07 Å². The standard InChI is InChI=1S/C18H18N2O2/c1-2-11-6-8-12(9-7-11)16-13(10-19)18(20)22-15-5-3-4-14(21)17(15)16/h6-9,16H,2-5,20H2,1H3/t16-/m0/s1. The maximum atomic E-state index is 12.4. The summed E-state index contributed by atoms with van der Waals surface area (Å²) in [4.78, 5) is 12.4. The van der Waals surface area contributed by atoms with Crippen molar-refractivity contribution < 1.29 is 9.53 Å². The molecule has 2 N–H and O–H groups in total. The summed E-state index contributed by atoms with van der Waals surface area (Å²) < 4.78 is 5.55. The number of benzene rings is 1. The second-order valence-electron chi connectivity index (χ2n) is 5.63. The molecule has 1 atom stereocenters. The van der Waals surface area contributed by atoms with Crippen LogP contribution in [0.3, 0.4) is 0 Å². The van der Waals surface area contributed by atoms with Crippen molar-refractivity contribution in [2.24, 2.45) is 5.73 Å². The molecule has 1 aromatic rings. The van der Waals surface area contributed by atoms with Gasteiger partial charge >= 0.3 is 0 Å². The van der Waals surface area contributed by atoms with E-state index in [1.165, 1.54) is 5.56 Å². The fourth-order valence-electron chi connectivity index (χ4n) is 3.14. The Balaban J connectivity index is 2.13. The number of hydrogen-bond donors (Lipinski definition) is 1. The number of Topliss-reactive ketones (excluding diaryl/α,β-unsaturated/α-hetero) is 1. The van der Waals surface area contributed by atoms with Crippen LogP contribution in [0.1, 0.15) is 43.2 Å². The SMILES string of the molecule is CCc1ccc([C@H]2C(C#N)=C(N)OC3=C2C(=O)CCC3)cc1. The fourth-order valence-corrected chi connectivity index (χ4v) is 3.14. The van der Waals surface area contributed by atoms with E-state index in [2.05, 4.69) is 13.0 Å². The molecular weight excluding hydrogens is 276 g/mol. The molecule has 0 amide bonds. The number of rotatable bonds is 2. The molecule has 2 aliphatic rings. The monoisotopic (exact) mass is 294 g/mol. The minimum atomic E-state index is -0.396. The number of carbonyl (C=O) groups excluding carboxylic acids is 1. The van der Waals surface area contributed by atoms with Crippen LogP contribution in [-0.4, -0.2) is 5.78 Å². The fraction of sp³-hybridized carbons (Fsp3) is 0.333. The highest BCUT2D eigenvalue weighted by atomic mass is 16.5. The summed E-state index contributed by atoms with van der Waals surface area (Å²) in [7, 11) is 0. The molecule has 112 valence electrons. The molecule has 4 nitrogen and oxygen atoms in total. The molecule has 1 aliphatic carbocycles. The van der Waals surface area contributed by atoms with Gasteiger partial charge in [-0.25, -0.2) is 0 Å². The van der Waals surface area contributed by atoms with E-state index in [4.69, 9.17) is 10.5 Å². The summed E-state index contributed by atoms with van der Waals surface area (Å²) >= 11 is 0. The van der Waals surface area contributed by atoms with Crippen LogP contribution in [0.4, 0.5) is 0 Å². The Morgan fingerprint density at radius 1 is 1.32 bits per heavy atom. The topological polar surface area (TPSA) is 76.1 Å². The summed E-state index contributed by atoms with van der Waals surface area (Å²) in [6.07, 6.45) is 2.92. The highest BCUT2D eigenvalue weighted by molar-refractivity contribution is 5.99. The lowest BCUT2D eigenvalue weighted by molar-refractivity contribution is -0.116. The van der Waals surface area contributed by atoms with Crippen molar-refractivity contribution in [1.29, 1.82) is 5.26 Å². The van der Waals surface area contributed by atoms with Gasteiger partial charge in [0, 0.05) is 18.4 Å². The van der Waals surface area contributed by atoms with Crippen LogP contribution in [0.25, 0.3) is 0 Å². The third-order valence-corrected chi connectivity index (χ3v) is 4.33. The van der Waals surface area contributed by atoms with Crippen LogP contribution in [0.2, 0.25) is 0 Å². The Kier molecular flexibility index (Phi) is 3.72. The number of nitriles is 1. The number of ether oxygens (including phenoxy) is 1. The highest BCUT2D eigenvalue weighted by Gasteiger charge is 2.37. The lowest BCUT2D eigenvalue weighted by Gasteiger charge is -2.31. The molecule has 0 radical (unpaired) electrons. The van der Waals surface area contributed by atoms with Crippen LogP contribution in [0.15, 0.2) is 47.1 Å². The molecule has 0 bridgehead atoms. The molecule has 0 saturated carbocycles. The lowest BCUT2D eigenvalue weighted by Crippen LogP contribution is -2.27. The lowest BCUT2D eigenvalue weighted by atomic mass is 9.77. The molecule has 0 fully saturated rings. The summed E-state index contributed by atoms with van der Waals surface area (Å²) in [5.74, 6) is 0.427. The van der Waals surface area contributed by atoms with Crippen LogP contribution in [0.5, 0.6) is 0 Å². The number of aryl methyl sites for hydroxylation is 1. The molecule has 1 heterocycles. The van der Waals surface area contributed by atoms with Gasteiger partial charge in [-0.2, -0.15) is 5.26 Å². The molecule has 3 rings (SSSR count). The summed E-state index contributed by atoms with van der Waals surface area (Å²) in [6, 6.07) is 10.1. The average molecular weight is 294 g/mol. The molecule has 0 aromatic heterocycles. The van der Waals surface area contributed by atoms with E-state index in [-0.39, 0.29) is 11.7 Å². The van der Waals surface area contributed by atoms with Crippen molar-refractivity contribution in [3.63, 3.8) is 0 Å². The maximum Gasteiger partial charge on any atom is 0.205 e. The number of nitrogens with two attached hydrogens (primary N) is 1. The first-order chi connectivity index (χ1) is 10.7. The number of allylic oxidation sites excluding steroid dienone is 3. The predicted octanol–water partition coefficient (Wildman–Crippen LogP) is 3.06. The van der Waals surface area contributed by atoms with Crippen LogP contribution < -0.4 is 5.73 Å². The van der Waals surface area contributed by atoms with E-state index < -0.39 is 5.92 Å². The van der Waals surface area contributed by atoms with Crippen molar-refractivity contribution in [2.75, 3.05) is 0 Å². The van der Waals surface area contributed by atoms with Crippen LogP contribution in [0, 0.1) is 11.3 Å². The normalized spacial score (nSPS) is 21.3. The van der Waals surface area contributed by atoms with Crippen molar-refractivity contribution in [2.45, 2.75) is 38.5 Å². The minimum Gasteiger partial charge on any atom is -0.444 e. The Hall–Kier alpha value is -2.54. The molecule has 0 spiro atoms. The molecular formula is C18H18N2O2. The second-order valence-corrected chi connectivity index (χ2v) is 5.63. The van der Waals surface area contributed by atoms with Gasteiger partial charge in [0.15, 0.2) is 5.78 Å². The van der Waals surface area contributed by atoms with E-state index in [1.807, 2.05) is 24.3 Å². The van der Waals surface area contributed by atoms with E-state index in [0.717, 1.165) is 18.4 Å². The molecule has 1 aliphatic heterocycles. The molecule has 1 aromatic carbocycles. The highest BCUT2D eigenvalue weighted by Crippen LogP contribution is 2.43. The zero-order chi connectivity index (χ0) is 15.7. The Bertz CT molecular complexity index is 720. The quantitative estimate of drug-likeness (QED) is 0.909. The second kappa shape index (κ2) is 5.69. The molecule has 22 heavy (non-hydrogen) atoms.